The van der Waals surface area contributed by atoms with Gasteiger partial charge >= 0.3 is 0 Å². The molecule has 0 amide bonds. The number of aromatic nitrogens is 6. The first-order valence-electron chi connectivity index (χ1n) is 12.6. The fraction of sp³-hybridized carbons (Fsp3) is 0.480. The third-order valence-electron chi connectivity index (χ3n) is 8.31. The van der Waals surface area contributed by atoms with E-state index >= 15 is 0 Å². The lowest BCUT2D eigenvalue weighted by Gasteiger charge is -2.41. The molecular weight excluding hydrogens is 458 g/mol. The molecule has 0 radical (unpaired) electrons. The SMILES string of the molecule is C[C@H]1CCN(c2n[nH]c3nc(N4CCC5(CC4)COC[C@H]5N)cnc23)c2ccc(-c3ncon3)cc21. The number of ether oxygens (including phenoxy) is 1. The van der Waals surface area contributed by atoms with Crippen LogP contribution in [0.4, 0.5) is 17.3 Å². The standard InChI is InChI=1S/C25H29N9O2/c1-15-4-7-34(18-3-2-16(10-17(15)18)22-28-14-36-32-22)24-21-23(30-31-24)29-20(11-27-21)33-8-5-25(6-9-33)13-35-12-19(25)26/h2-3,10-11,14-15,19H,4-9,12-13,26H2,1H3,(H,29,30,31)/t15-,19+/m0/s1. The molecule has 3 N–H and O–H groups in total. The molecule has 2 saturated heterocycles. The maximum Gasteiger partial charge on any atom is 0.214 e. The van der Waals surface area contributed by atoms with Crippen molar-refractivity contribution >= 4 is 28.5 Å². The minimum absolute atomic E-state index is 0.109. The summed E-state index contributed by atoms with van der Waals surface area (Å²) in [6.07, 6.45) is 6.25. The summed E-state index contributed by atoms with van der Waals surface area (Å²) in [6.45, 7) is 6.34. The average molecular weight is 488 g/mol. The monoisotopic (exact) mass is 487 g/mol. The zero-order chi connectivity index (χ0) is 24.3. The number of benzene rings is 1. The maximum atomic E-state index is 6.35. The zero-order valence-electron chi connectivity index (χ0n) is 20.2. The fourth-order valence-electron chi connectivity index (χ4n) is 5.94. The van der Waals surface area contributed by atoms with E-state index in [2.05, 4.69) is 49.2 Å². The summed E-state index contributed by atoms with van der Waals surface area (Å²) in [5.41, 5.74) is 11.2. The molecule has 1 spiro atoms. The van der Waals surface area contributed by atoms with Gasteiger partial charge in [0.1, 0.15) is 5.82 Å². The molecule has 11 heteroatoms. The highest BCUT2D eigenvalue weighted by atomic mass is 16.5. The van der Waals surface area contributed by atoms with Crippen LogP contribution in [-0.2, 0) is 4.74 Å². The van der Waals surface area contributed by atoms with Crippen molar-refractivity contribution < 1.29 is 9.26 Å². The van der Waals surface area contributed by atoms with Crippen molar-refractivity contribution in [3.8, 4) is 11.4 Å². The summed E-state index contributed by atoms with van der Waals surface area (Å²) < 4.78 is 10.6. The number of hydrogen-bond donors (Lipinski definition) is 2. The molecule has 36 heavy (non-hydrogen) atoms. The van der Waals surface area contributed by atoms with Gasteiger partial charge in [0.15, 0.2) is 17.0 Å². The van der Waals surface area contributed by atoms with E-state index in [4.69, 9.17) is 25.0 Å². The van der Waals surface area contributed by atoms with Crippen LogP contribution >= 0.6 is 0 Å². The molecular formula is C25H29N9O2. The fourth-order valence-corrected chi connectivity index (χ4v) is 5.94. The normalized spacial score (nSPS) is 23.5. The number of anilines is 3. The molecule has 7 rings (SSSR count). The van der Waals surface area contributed by atoms with E-state index in [0.29, 0.717) is 24.0 Å². The Bertz CT molecular complexity index is 1390. The van der Waals surface area contributed by atoms with Crippen molar-refractivity contribution in [2.45, 2.75) is 38.1 Å². The van der Waals surface area contributed by atoms with Gasteiger partial charge < -0.3 is 24.8 Å². The Morgan fingerprint density at radius 1 is 1.17 bits per heavy atom. The van der Waals surface area contributed by atoms with Crippen molar-refractivity contribution in [3.05, 3.63) is 36.4 Å². The Balaban J connectivity index is 1.17. The quantitative estimate of drug-likeness (QED) is 0.444. The molecule has 6 heterocycles. The van der Waals surface area contributed by atoms with E-state index in [0.717, 1.165) is 73.9 Å². The summed E-state index contributed by atoms with van der Waals surface area (Å²) in [4.78, 5) is 18.4. The number of nitrogens with one attached hydrogen (secondary N) is 1. The van der Waals surface area contributed by atoms with Gasteiger partial charge in [-0.2, -0.15) is 10.1 Å². The van der Waals surface area contributed by atoms with Crippen LogP contribution in [0.1, 0.15) is 37.7 Å². The van der Waals surface area contributed by atoms with Crippen LogP contribution in [0.15, 0.2) is 35.3 Å². The molecule has 0 bridgehead atoms. The summed E-state index contributed by atoms with van der Waals surface area (Å²) in [6, 6.07) is 6.42. The minimum Gasteiger partial charge on any atom is -0.379 e. The Morgan fingerprint density at radius 2 is 2.06 bits per heavy atom. The summed E-state index contributed by atoms with van der Waals surface area (Å²) in [7, 11) is 0. The molecule has 4 aromatic rings. The highest BCUT2D eigenvalue weighted by Crippen LogP contribution is 2.42. The smallest absolute Gasteiger partial charge is 0.214 e. The third kappa shape index (κ3) is 3.37. The Kier molecular flexibility index (Phi) is 4.97. The molecule has 0 aliphatic carbocycles. The van der Waals surface area contributed by atoms with Crippen LogP contribution in [0.5, 0.6) is 0 Å². The van der Waals surface area contributed by atoms with Crippen LogP contribution in [0.3, 0.4) is 0 Å². The van der Waals surface area contributed by atoms with Crippen molar-refractivity contribution in [2.75, 3.05) is 42.6 Å². The van der Waals surface area contributed by atoms with Gasteiger partial charge in [0.2, 0.25) is 12.2 Å². The second kappa shape index (κ2) is 8.24. The number of fused-ring (bicyclic) bond motifs is 2. The largest absolute Gasteiger partial charge is 0.379 e. The molecule has 0 unspecified atom stereocenters. The lowest BCUT2D eigenvalue weighted by molar-refractivity contribution is 0.131. The van der Waals surface area contributed by atoms with Gasteiger partial charge in [-0.15, -0.1) is 0 Å². The van der Waals surface area contributed by atoms with Crippen LogP contribution < -0.4 is 15.5 Å². The van der Waals surface area contributed by atoms with Crippen molar-refractivity contribution in [1.29, 1.82) is 0 Å². The van der Waals surface area contributed by atoms with Crippen molar-refractivity contribution in [3.63, 3.8) is 0 Å². The summed E-state index contributed by atoms with van der Waals surface area (Å²) in [5, 5.41) is 11.8. The Morgan fingerprint density at radius 3 is 2.83 bits per heavy atom. The minimum atomic E-state index is 0.109. The first-order valence-corrected chi connectivity index (χ1v) is 12.6. The van der Waals surface area contributed by atoms with Gasteiger partial charge in [-0.3, -0.25) is 5.10 Å². The number of piperidine rings is 1. The van der Waals surface area contributed by atoms with Gasteiger partial charge in [-0.25, -0.2) is 9.97 Å². The van der Waals surface area contributed by atoms with E-state index in [9.17, 15) is 0 Å². The van der Waals surface area contributed by atoms with E-state index in [1.54, 1.807) is 0 Å². The number of aromatic amines is 1. The van der Waals surface area contributed by atoms with E-state index in [-0.39, 0.29) is 11.5 Å². The molecule has 2 fully saturated rings. The third-order valence-corrected chi connectivity index (χ3v) is 8.31. The molecule has 186 valence electrons. The topological polar surface area (TPSA) is 135 Å². The van der Waals surface area contributed by atoms with Crippen LogP contribution in [-0.4, -0.2) is 69.2 Å². The first-order chi connectivity index (χ1) is 17.6. The Hall–Kier alpha value is -3.57. The summed E-state index contributed by atoms with van der Waals surface area (Å²) in [5.74, 6) is 2.68. The molecule has 3 aliphatic rings. The molecule has 0 saturated carbocycles. The van der Waals surface area contributed by atoms with Crippen molar-refractivity contribution in [1.82, 2.24) is 30.3 Å². The van der Waals surface area contributed by atoms with Crippen LogP contribution in [0, 0.1) is 5.41 Å². The highest BCUT2D eigenvalue weighted by Gasteiger charge is 2.44. The van der Waals surface area contributed by atoms with Gasteiger partial charge in [-0.05, 0) is 48.9 Å². The number of rotatable bonds is 3. The second-order valence-corrected chi connectivity index (χ2v) is 10.3. The lowest BCUT2D eigenvalue weighted by Crippen LogP contribution is -2.49. The zero-order valence-corrected chi connectivity index (χ0v) is 20.2. The van der Waals surface area contributed by atoms with Gasteiger partial charge in [0.25, 0.3) is 0 Å². The van der Waals surface area contributed by atoms with E-state index < -0.39 is 0 Å². The number of nitrogens with zero attached hydrogens (tertiary/aromatic N) is 7. The lowest BCUT2D eigenvalue weighted by atomic mass is 9.75. The number of hydrogen-bond acceptors (Lipinski definition) is 10. The molecule has 1 aromatic carbocycles. The first kappa shape index (κ1) is 21.7. The highest BCUT2D eigenvalue weighted by molar-refractivity contribution is 5.88. The van der Waals surface area contributed by atoms with Gasteiger partial charge in [0.05, 0.1) is 19.4 Å². The van der Waals surface area contributed by atoms with Crippen LogP contribution in [0.2, 0.25) is 0 Å². The summed E-state index contributed by atoms with van der Waals surface area (Å²) >= 11 is 0. The Labute approximate surface area is 208 Å². The average Bonchev–Trinajstić information content (AvgIpc) is 3.66. The molecule has 2 atom stereocenters. The van der Waals surface area contributed by atoms with E-state index in [1.807, 2.05) is 12.3 Å². The van der Waals surface area contributed by atoms with Crippen molar-refractivity contribution in [2.24, 2.45) is 11.1 Å². The molecule has 11 nitrogen and oxygen atoms in total. The van der Waals surface area contributed by atoms with Crippen LogP contribution in [0.25, 0.3) is 22.6 Å². The molecule has 3 aromatic heterocycles. The van der Waals surface area contributed by atoms with E-state index in [1.165, 1.54) is 12.0 Å². The maximum absolute atomic E-state index is 6.35. The van der Waals surface area contributed by atoms with Gasteiger partial charge in [-0.1, -0.05) is 12.1 Å². The number of nitrogens with two attached hydrogens (primary N) is 1. The van der Waals surface area contributed by atoms with Gasteiger partial charge in [0, 0.05) is 42.3 Å². The number of H-pyrrole nitrogens is 1. The predicted octanol–water partition coefficient (Wildman–Crippen LogP) is 2.99. The second-order valence-electron chi connectivity index (χ2n) is 10.3. The molecule has 3 aliphatic heterocycles. The predicted molar refractivity (Wildman–Crippen MR) is 134 cm³/mol.